The molecule has 4 atom stereocenters. The quantitative estimate of drug-likeness (QED) is 0.827. The summed E-state index contributed by atoms with van der Waals surface area (Å²) in [6.45, 7) is 3.45. The van der Waals surface area contributed by atoms with Gasteiger partial charge in [-0.1, -0.05) is 6.92 Å². The van der Waals surface area contributed by atoms with Gasteiger partial charge in [0.15, 0.2) is 0 Å². The molecule has 0 radical (unpaired) electrons. The third-order valence-electron chi connectivity index (χ3n) is 5.58. The molecule has 1 saturated carbocycles. The van der Waals surface area contributed by atoms with Gasteiger partial charge >= 0.3 is 0 Å². The summed E-state index contributed by atoms with van der Waals surface area (Å²) in [7, 11) is 1.90. The Morgan fingerprint density at radius 2 is 1.84 bits per heavy atom. The van der Waals surface area contributed by atoms with Crippen LogP contribution in [0, 0.1) is 0 Å². The molecule has 0 aromatic carbocycles. The van der Waals surface area contributed by atoms with Gasteiger partial charge in [-0.05, 0) is 57.9 Å². The lowest BCUT2D eigenvalue weighted by atomic mass is 9.94. The zero-order valence-corrected chi connectivity index (χ0v) is 12.6. The Hall–Kier alpha value is -0.120. The van der Waals surface area contributed by atoms with E-state index in [1.807, 2.05) is 7.11 Å². The van der Waals surface area contributed by atoms with Gasteiger partial charge in [-0.3, -0.25) is 4.90 Å². The van der Waals surface area contributed by atoms with Gasteiger partial charge in [0.1, 0.15) is 0 Å². The normalized spacial score (nSPS) is 42.9. The van der Waals surface area contributed by atoms with E-state index in [0.717, 1.165) is 24.2 Å². The van der Waals surface area contributed by atoms with Gasteiger partial charge in [0.2, 0.25) is 0 Å². The number of hydrogen-bond acceptors (Lipinski definition) is 3. The van der Waals surface area contributed by atoms with Crippen molar-refractivity contribution in [3.8, 4) is 0 Å². The average Bonchev–Trinajstić information content (AvgIpc) is 2.98. The topological polar surface area (TPSA) is 24.5 Å². The van der Waals surface area contributed by atoms with E-state index in [0.29, 0.717) is 6.10 Å². The number of hydrogen-bond donors (Lipinski definition) is 1. The van der Waals surface area contributed by atoms with Gasteiger partial charge < -0.3 is 10.1 Å². The molecule has 0 spiro atoms. The Morgan fingerprint density at radius 1 is 1.11 bits per heavy atom. The van der Waals surface area contributed by atoms with Crippen LogP contribution in [0.2, 0.25) is 0 Å². The van der Waals surface area contributed by atoms with E-state index >= 15 is 0 Å². The molecule has 2 heterocycles. The van der Waals surface area contributed by atoms with Crippen molar-refractivity contribution in [1.82, 2.24) is 10.2 Å². The lowest BCUT2D eigenvalue weighted by Crippen LogP contribution is -2.55. The molecule has 2 bridgehead atoms. The van der Waals surface area contributed by atoms with Gasteiger partial charge in [-0.2, -0.15) is 0 Å². The highest BCUT2D eigenvalue weighted by atomic mass is 16.5. The summed E-state index contributed by atoms with van der Waals surface area (Å²) in [5, 5.41) is 3.75. The number of methoxy groups -OCH3 is 1. The maximum atomic E-state index is 5.74. The van der Waals surface area contributed by atoms with E-state index < -0.39 is 0 Å². The molecule has 3 heteroatoms. The van der Waals surface area contributed by atoms with Crippen LogP contribution in [-0.4, -0.2) is 48.8 Å². The van der Waals surface area contributed by atoms with E-state index in [1.165, 1.54) is 57.9 Å². The zero-order chi connectivity index (χ0) is 13.2. The molecule has 19 heavy (non-hydrogen) atoms. The van der Waals surface area contributed by atoms with Crippen molar-refractivity contribution in [1.29, 1.82) is 0 Å². The van der Waals surface area contributed by atoms with Crippen LogP contribution in [0.25, 0.3) is 0 Å². The number of fused-ring (bicyclic) bond motifs is 2. The molecule has 110 valence electrons. The van der Waals surface area contributed by atoms with Gasteiger partial charge in [0.05, 0.1) is 6.10 Å². The van der Waals surface area contributed by atoms with Crippen LogP contribution in [0.3, 0.4) is 0 Å². The fourth-order valence-corrected chi connectivity index (χ4v) is 4.79. The summed E-state index contributed by atoms with van der Waals surface area (Å²) in [5.74, 6) is 0. The number of piperidine rings is 1. The fourth-order valence-electron chi connectivity index (χ4n) is 4.79. The molecule has 0 amide bonds. The number of nitrogens with one attached hydrogen (secondary N) is 1. The lowest BCUT2D eigenvalue weighted by Gasteiger charge is -2.44. The average molecular weight is 266 g/mol. The van der Waals surface area contributed by atoms with Crippen LogP contribution in [0.1, 0.15) is 58.3 Å². The third-order valence-corrected chi connectivity index (χ3v) is 5.58. The Morgan fingerprint density at radius 3 is 2.47 bits per heavy atom. The Balaban J connectivity index is 1.63. The summed E-state index contributed by atoms with van der Waals surface area (Å²) in [5.41, 5.74) is 0. The van der Waals surface area contributed by atoms with Crippen LogP contribution in [0.15, 0.2) is 0 Å². The summed E-state index contributed by atoms with van der Waals surface area (Å²) >= 11 is 0. The van der Waals surface area contributed by atoms with Crippen molar-refractivity contribution in [2.75, 3.05) is 13.7 Å². The molecule has 4 unspecified atom stereocenters. The first-order valence-corrected chi connectivity index (χ1v) is 8.37. The highest BCUT2D eigenvalue weighted by molar-refractivity contribution is 5.02. The Labute approximate surface area is 118 Å². The summed E-state index contributed by atoms with van der Waals surface area (Å²) in [6, 6.07) is 3.15. The molecule has 3 fully saturated rings. The number of ether oxygens (including phenoxy) is 1. The van der Waals surface area contributed by atoms with Gasteiger partial charge in [-0.15, -0.1) is 0 Å². The molecule has 2 aliphatic heterocycles. The summed E-state index contributed by atoms with van der Waals surface area (Å²) < 4.78 is 5.74. The van der Waals surface area contributed by atoms with Crippen LogP contribution in [0.4, 0.5) is 0 Å². The highest BCUT2D eigenvalue weighted by Gasteiger charge is 2.46. The van der Waals surface area contributed by atoms with E-state index in [1.54, 1.807) is 0 Å². The van der Waals surface area contributed by atoms with Gasteiger partial charge in [0, 0.05) is 31.3 Å². The Bertz CT molecular complexity index is 282. The minimum Gasteiger partial charge on any atom is -0.380 e. The Kier molecular flexibility index (Phi) is 4.45. The first-order chi connectivity index (χ1) is 9.33. The first kappa shape index (κ1) is 13.8. The van der Waals surface area contributed by atoms with Crippen molar-refractivity contribution in [2.24, 2.45) is 0 Å². The largest absolute Gasteiger partial charge is 0.380 e. The molecule has 3 rings (SSSR count). The predicted octanol–water partition coefficient (Wildman–Crippen LogP) is 2.55. The second-order valence-corrected chi connectivity index (χ2v) is 6.73. The van der Waals surface area contributed by atoms with Crippen LogP contribution < -0.4 is 5.32 Å². The molecule has 3 nitrogen and oxygen atoms in total. The fraction of sp³-hybridized carbons (Fsp3) is 1.00. The second-order valence-electron chi connectivity index (χ2n) is 6.73. The minimum atomic E-state index is 0.503. The maximum absolute atomic E-state index is 5.74. The zero-order valence-electron chi connectivity index (χ0n) is 12.6. The molecule has 2 saturated heterocycles. The van der Waals surface area contributed by atoms with Crippen molar-refractivity contribution in [2.45, 2.75) is 88.6 Å². The maximum Gasteiger partial charge on any atom is 0.0726 e. The van der Waals surface area contributed by atoms with E-state index in [2.05, 4.69) is 17.1 Å². The third kappa shape index (κ3) is 2.70. The van der Waals surface area contributed by atoms with Gasteiger partial charge in [-0.25, -0.2) is 0 Å². The molecule has 0 aromatic rings. The van der Waals surface area contributed by atoms with Crippen molar-refractivity contribution < 1.29 is 4.74 Å². The smallest absolute Gasteiger partial charge is 0.0726 e. The highest BCUT2D eigenvalue weighted by Crippen LogP contribution is 2.41. The molecular weight excluding hydrogens is 236 g/mol. The van der Waals surface area contributed by atoms with E-state index in [4.69, 9.17) is 4.74 Å². The molecule has 3 aliphatic rings. The van der Waals surface area contributed by atoms with Crippen LogP contribution in [-0.2, 0) is 4.74 Å². The van der Waals surface area contributed by atoms with E-state index in [-0.39, 0.29) is 0 Å². The first-order valence-electron chi connectivity index (χ1n) is 8.37. The number of nitrogens with zero attached hydrogens (tertiary/aromatic N) is 1. The monoisotopic (exact) mass is 266 g/mol. The SMILES string of the molecule is CCCNC1CC2CCC(C1)N2C1CCCC1OC. The van der Waals surface area contributed by atoms with Crippen LogP contribution in [0.5, 0.6) is 0 Å². The minimum absolute atomic E-state index is 0.503. The van der Waals surface area contributed by atoms with Gasteiger partial charge in [0.25, 0.3) is 0 Å². The van der Waals surface area contributed by atoms with Crippen molar-refractivity contribution in [3.63, 3.8) is 0 Å². The summed E-state index contributed by atoms with van der Waals surface area (Å²) in [6.07, 6.45) is 11.3. The molecule has 1 N–H and O–H groups in total. The standard InChI is InChI=1S/C16H30N2O/c1-3-9-17-12-10-13-7-8-14(11-12)18(13)15-5-4-6-16(15)19-2/h12-17H,3-11H2,1-2H3. The summed E-state index contributed by atoms with van der Waals surface area (Å²) in [4.78, 5) is 2.87. The molecule has 1 aliphatic carbocycles. The lowest BCUT2D eigenvalue weighted by molar-refractivity contribution is -0.00930. The number of rotatable bonds is 5. The van der Waals surface area contributed by atoms with E-state index in [9.17, 15) is 0 Å². The molecule has 0 aromatic heterocycles. The predicted molar refractivity (Wildman–Crippen MR) is 78.4 cm³/mol. The van der Waals surface area contributed by atoms with Crippen molar-refractivity contribution in [3.05, 3.63) is 0 Å². The van der Waals surface area contributed by atoms with Crippen LogP contribution >= 0.6 is 0 Å². The van der Waals surface area contributed by atoms with Crippen molar-refractivity contribution >= 4 is 0 Å². The molecular formula is C16H30N2O. The second kappa shape index (κ2) is 6.11.